The second-order valence-corrected chi connectivity index (χ2v) is 11.5. The Labute approximate surface area is 216 Å². The number of hydrogen-bond acceptors (Lipinski definition) is 6. The van der Waals surface area contributed by atoms with Crippen molar-refractivity contribution in [1.29, 1.82) is 0 Å². The maximum Gasteiger partial charge on any atom is 0.320 e. The third-order valence-corrected chi connectivity index (χ3v) is 8.00. The third kappa shape index (κ3) is 4.69. The van der Waals surface area contributed by atoms with E-state index in [1.807, 2.05) is 15.9 Å². The summed E-state index contributed by atoms with van der Waals surface area (Å²) in [7, 11) is 0. The van der Waals surface area contributed by atoms with Crippen molar-refractivity contribution in [3.63, 3.8) is 0 Å². The largest absolute Gasteiger partial charge is 0.371 e. The van der Waals surface area contributed by atoms with E-state index in [2.05, 4.69) is 31.0 Å². The summed E-state index contributed by atoms with van der Waals surface area (Å²) >= 11 is 0. The van der Waals surface area contributed by atoms with Crippen molar-refractivity contribution in [1.82, 2.24) is 20.0 Å². The monoisotopic (exact) mass is 509 g/mol. The van der Waals surface area contributed by atoms with E-state index in [-0.39, 0.29) is 30.3 Å². The number of urea groups is 1. The Balaban J connectivity index is 1.22. The van der Waals surface area contributed by atoms with Crippen LogP contribution in [0.3, 0.4) is 0 Å². The fraction of sp³-hybridized carbons (Fsp3) is 0.593. The van der Waals surface area contributed by atoms with Gasteiger partial charge in [0.1, 0.15) is 6.04 Å². The number of carbonyl (C=O) groups is 5. The molecule has 10 heteroatoms. The van der Waals surface area contributed by atoms with E-state index in [1.165, 1.54) is 0 Å². The molecule has 0 radical (unpaired) electrons. The zero-order valence-electron chi connectivity index (χ0n) is 21.8. The first-order valence-corrected chi connectivity index (χ1v) is 13.2. The van der Waals surface area contributed by atoms with Gasteiger partial charge in [0, 0.05) is 50.4 Å². The number of fused-ring (bicyclic) bond motifs is 1. The van der Waals surface area contributed by atoms with Gasteiger partial charge in [-0.15, -0.1) is 0 Å². The minimum absolute atomic E-state index is 0.0985. The number of carbonyl (C=O) groups excluding carboxylic acids is 5. The predicted molar refractivity (Wildman–Crippen MR) is 136 cm³/mol. The highest BCUT2D eigenvalue weighted by molar-refractivity contribution is 6.23. The number of anilines is 1. The molecule has 3 saturated heterocycles. The van der Waals surface area contributed by atoms with Gasteiger partial charge in [-0.1, -0.05) is 0 Å². The first-order chi connectivity index (χ1) is 17.5. The van der Waals surface area contributed by atoms with E-state index in [4.69, 9.17) is 0 Å². The van der Waals surface area contributed by atoms with Crippen LogP contribution in [0.15, 0.2) is 18.2 Å². The van der Waals surface area contributed by atoms with Crippen molar-refractivity contribution in [2.75, 3.05) is 37.6 Å². The van der Waals surface area contributed by atoms with Crippen molar-refractivity contribution in [2.24, 2.45) is 5.92 Å². The van der Waals surface area contributed by atoms with Gasteiger partial charge in [0.25, 0.3) is 11.8 Å². The van der Waals surface area contributed by atoms with Gasteiger partial charge in [-0.2, -0.15) is 0 Å². The van der Waals surface area contributed by atoms with Crippen molar-refractivity contribution in [3.8, 4) is 0 Å². The summed E-state index contributed by atoms with van der Waals surface area (Å²) in [4.78, 5) is 70.1. The Morgan fingerprint density at radius 2 is 1.59 bits per heavy atom. The van der Waals surface area contributed by atoms with Gasteiger partial charge >= 0.3 is 6.03 Å². The lowest BCUT2D eigenvalue weighted by atomic mass is 9.95. The molecule has 1 atom stereocenters. The SMILES string of the molecule is CC(C)(C)N1CCCN(CC2CCN(c3ccc4c(c3)C(=O)N(C3CCC(=O)NC3=O)C4=O)CC2)C1=O. The Morgan fingerprint density at radius 3 is 2.27 bits per heavy atom. The molecule has 1 aromatic carbocycles. The Morgan fingerprint density at radius 1 is 0.892 bits per heavy atom. The molecule has 1 aromatic rings. The maximum atomic E-state index is 13.1. The van der Waals surface area contributed by atoms with Crippen molar-refractivity contribution in [2.45, 2.75) is 64.5 Å². The van der Waals surface area contributed by atoms with Gasteiger partial charge in [0.2, 0.25) is 11.8 Å². The van der Waals surface area contributed by atoms with Crippen LogP contribution in [-0.4, -0.2) is 88.7 Å². The van der Waals surface area contributed by atoms with Crippen molar-refractivity contribution >= 4 is 35.3 Å². The van der Waals surface area contributed by atoms with E-state index in [1.54, 1.807) is 12.1 Å². The zero-order chi connectivity index (χ0) is 26.5. The summed E-state index contributed by atoms with van der Waals surface area (Å²) in [6.45, 7) is 10.2. The molecule has 1 unspecified atom stereocenters. The maximum absolute atomic E-state index is 13.1. The molecule has 4 aliphatic heterocycles. The summed E-state index contributed by atoms with van der Waals surface area (Å²) in [5.41, 5.74) is 1.28. The van der Waals surface area contributed by atoms with Gasteiger partial charge in [-0.05, 0) is 70.6 Å². The molecule has 1 N–H and O–H groups in total. The van der Waals surface area contributed by atoms with Crippen LogP contribution in [0.4, 0.5) is 10.5 Å². The summed E-state index contributed by atoms with van der Waals surface area (Å²) in [6, 6.07) is 4.43. The van der Waals surface area contributed by atoms with E-state index >= 15 is 0 Å². The second-order valence-electron chi connectivity index (χ2n) is 11.5. The minimum Gasteiger partial charge on any atom is -0.371 e. The molecule has 0 spiro atoms. The second kappa shape index (κ2) is 9.46. The smallest absolute Gasteiger partial charge is 0.320 e. The molecule has 4 heterocycles. The fourth-order valence-corrected chi connectivity index (χ4v) is 5.91. The van der Waals surface area contributed by atoms with Gasteiger partial charge in [0.05, 0.1) is 11.1 Å². The number of nitrogens with one attached hydrogen (secondary N) is 1. The summed E-state index contributed by atoms with van der Waals surface area (Å²) in [5.74, 6) is -1.56. The Bertz CT molecular complexity index is 1150. The number of benzene rings is 1. The molecule has 0 aromatic heterocycles. The highest BCUT2D eigenvalue weighted by Crippen LogP contribution is 2.32. The number of nitrogens with zero attached hydrogens (tertiary/aromatic N) is 4. The lowest BCUT2D eigenvalue weighted by molar-refractivity contribution is -0.136. The van der Waals surface area contributed by atoms with Crippen LogP contribution >= 0.6 is 0 Å². The lowest BCUT2D eigenvalue weighted by Crippen LogP contribution is -2.57. The van der Waals surface area contributed by atoms with Crippen LogP contribution in [0, 0.1) is 5.92 Å². The van der Waals surface area contributed by atoms with E-state index in [0.717, 1.165) is 62.6 Å². The van der Waals surface area contributed by atoms with Gasteiger partial charge < -0.3 is 14.7 Å². The molecule has 198 valence electrons. The third-order valence-electron chi connectivity index (χ3n) is 8.00. The van der Waals surface area contributed by atoms with Gasteiger partial charge in [0.15, 0.2) is 0 Å². The molecule has 6 amide bonds. The van der Waals surface area contributed by atoms with Crippen molar-refractivity contribution in [3.05, 3.63) is 29.3 Å². The molecular weight excluding hydrogens is 474 g/mol. The predicted octanol–water partition coefficient (Wildman–Crippen LogP) is 2.23. The van der Waals surface area contributed by atoms with Gasteiger partial charge in [-0.25, -0.2) is 4.79 Å². The first-order valence-electron chi connectivity index (χ1n) is 13.2. The summed E-state index contributed by atoms with van der Waals surface area (Å²) < 4.78 is 0. The molecule has 10 nitrogen and oxygen atoms in total. The van der Waals surface area contributed by atoms with Crippen LogP contribution in [-0.2, 0) is 9.59 Å². The minimum atomic E-state index is -0.962. The quantitative estimate of drug-likeness (QED) is 0.624. The lowest BCUT2D eigenvalue weighted by Gasteiger charge is -2.44. The van der Waals surface area contributed by atoms with Crippen LogP contribution in [0.5, 0.6) is 0 Å². The topological polar surface area (TPSA) is 110 Å². The molecule has 3 fully saturated rings. The average Bonchev–Trinajstić information content (AvgIpc) is 3.09. The Hall–Kier alpha value is -3.43. The molecule has 5 rings (SSSR count). The fourth-order valence-electron chi connectivity index (χ4n) is 5.91. The average molecular weight is 510 g/mol. The first kappa shape index (κ1) is 25.2. The van der Waals surface area contributed by atoms with Crippen molar-refractivity contribution < 1.29 is 24.0 Å². The number of hydrogen-bond donors (Lipinski definition) is 1. The summed E-state index contributed by atoms with van der Waals surface area (Å²) in [5, 5.41) is 2.22. The van der Waals surface area contributed by atoms with Crippen LogP contribution in [0.1, 0.15) is 73.6 Å². The highest BCUT2D eigenvalue weighted by atomic mass is 16.2. The van der Waals surface area contributed by atoms with E-state index < -0.39 is 23.8 Å². The summed E-state index contributed by atoms with van der Waals surface area (Å²) in [6.07, 6.45) is 3.10. The van der Waals surface area contributed by atoms with E-state index in [0.29, 0.717) is 17.0 Å². The van der Waals surface area contributed by atoms with Crippen LogP contribution in [0.2, 0.25) is 0 Å². The number of imide groups is 2. The molecular formula is C27H35N5O5. The Kier molecular flexibility index (Phi) is 6.45. The van der Waals surface area contributed by atoms with Gasteiger partial charge in [-0.3, -0.25) is 29.4 Å². The number of piperidine rings is 2. The highest BCUT2D eigenvalue weighted by Gasteiger charge is 2.45. The molecule has 4 aliphatic rings. The zero-order valence-corrected chi connectivity index (χ0v) is 21.8. The normalized spacial score (nSPS) is 23.6. The molecule has 0 bridgehead atoms. The number of rotatable bonds is 4. The standard InChI is InChI=1S/C27H35N5O5/c1-27(2,3)31-12-4-11-30(26(31)37)16-17-9-13-29(14-10-17)18-5-6-19-20(15-18)25(36)32(24(19)35)21-7-8-22(33)28-23(21)34/h5-6,15,17,21H,4,7-14,16H2,1-3H3,(H,28,33,34). The molecule has 0 saturated carbocycles. The van der Waals surface area contributed by atoms with Crippen LogP contribution in [0.25, 0.3) is 0 Å². The molecule has 0 aliphatic carbocycles. The van der Waals surface area contributed by atoms with E-state index in [9.17, 15) is 24.0 Å². The molecule has 37 heavy (non-hydrogen) atoms. The number of amides is 6. The van der Waals surface area contributed by atoms with Crippen LogP contribution < -0.4 is 10.2 Å².